The molecule has 1 aromatic carbocycles. The van der Waals surface area contributed by atoms with Gasteiger partial charge in [-0.3, -0.25) is 14.5 Å². The third-order valence-electron chi connectivity index (χ3n) is 4.61. The Hall–Kier alpha value is -1.66. The Kier molecular flexibility index (Phi) is 7.20. The van der Waals surface area contributed by atoms with Gasteiger partial charge in [0.05, 0.1) is 6.54 Å². The summed E-state index contributed by atoms with van der Waals surface area (Å²) in [5.41, 5.74) is 0.318. The van der Waals surface area contributed by atoms with Crippen LogP contribution < -0.4 is 0 Å². The molecular formula is C18H24ClFN2O3. The van der Waals surface area contributed by atoms with Crippen molar-refractivity contribution in [2.75, 3.05) is 26.7 Å². The van der Waals surface area contributed by atoms with Gasteiger partial charge in [0.1, 0.15) is 5.82 Å². The molecule has 0 bridgehead atoms. The molecule has 1 amide bonds. The van der Waals surface area contributed by atoms with Crippen molar-refractivity contribution in [3.8, 4) is 0 Å². The van der Waals surface area contributed by atoms with Gasteiger partial charge >= 0.3 is 5.97 Å². The number of piperidine rings is 1. The van der Waals surface area contributed by atoms with E-state index in [1.807, 2.05) is 0 Å². The first kappa shape index (κ1) is 19.7. The number of nitrogens with zero attached hydrogens (tertiary/aromatic N) is 2. The fraction of sp³-hybridized carbons (Fsp3) is 0.556. The quantitative estimate of drug-likeness (QED) is 0.801. The number of amides is 1. The molecule has 0 radical (unpaired) electrons. The number of likely N-dealkylation sites (N-methyl/N-ethyl adjacent to an activating group) is 1. The molecule has 0 aliphatic carbocycles. The molecule has 0 aromatic heterocycles. The number of carboxylic acid groups (broad SMARTS) is 1. The SMILES string of the molecule is CN(Cc1c(F)cccc1Cl)C(=O)CN1CCCC(CCC(=O)O)C1. The summed E-state index contributed by atoms with van der Waals surface area (Å²) in [7, 11) is 1.64. The van der Waals surface area contributed by atoms with Crippen molar-refractivity contribution in [1.29, 1.82) is 0 Å². The van der Waals surface area contributed by atoms with Crippen molar-refractivity contribution in [3.63, 3.8) is 0 Å². The topological polar surface area (TPSA) is 60.9 Å². The maximum Gasteiger partial charge on any atom is 0.303 e. The number of aliphatic carboxylic acids is 1. The number of likely N-dealkylation sites (tertiary alicyclic amines) is 1. The molecule has 1 heterocycles. The molecule has 7 heteroatoms. The summed E-state index contributed by atoms with van der Waals surface area (Å²) in [6.45, 7) is 1.93. The fourth-order valence-corrected chi connectivity index (χ4v) is 3.40. The Bertz CT molecular complexity index is 606. The minimum atomic E-state index is -0.783. The summed E-state index contributed by atoms with van der Waals surface area (Å²) in [5, 5.41) is 9.11. The minimum absolute atomic E-state index is 0.0989. The van der Waals surface area contributed by atoms with Gasteiger partial charge in [-0.25, -0.2) is 4.39 Å². The molecule has 2 rings (SSSR count). The first-order valence-electron chi connectivity index (χ1n) is 8.47. The second kappa shape index (κ2) is 9.15. The van der Waals surface area contributed by atoms with Gasteiger partial charge in [0.15, 0.2) is 0 Å². The zero-order valence-corrected chi connectivity index (χ0v) is 15.1. The van der Waals surface area contributed by atoms with Crippen LogP contribution in [-0.4, -0.2) is 53.5 Å². The lowest BCUT2D eigenvalue weighted by atomic mass is 9.93. The van der Waals surface area contributed by atoms with E-state index in [9.17, 15) is 14.0 Å². The van der Waals surface area contributed by atoms with E-state index in [-0.39, 0.29) is 25.4 Å². The van der Waals surface area contributed by atoms with E-state index in [4.69, 9.17) is 16.7 Å². The maximum atomic E-state index is 13.9. The van der Waals surface area contributed by atoms with Gasteiger partial charge < -0.3 is 10.0 Å². The lowest BCUT2D eigenvalue weighted by Crippen LogP contribution is -2.43. The van der Waals surface area contributed by atoms with Crippen molar-refractivity contribution in [3.05, 3.63) is 34.6 Å². The van der Waals surface area contributed by atoms with Crippen LogP contribution in [-0.2, 0) is 16.1 Å². The highest BCUT2D eigenvalue weighted by molar-refractivity contribution is 6.31. The van der Waals surface area contributed by atoms with Crippen LogP contribution >= 0.6 is 11.6 Å². The Labute approximate surface area is 152 Å². The number of halogens is 2. The fourth-order valence-electron chi connectivity index (χ4n) is 3.18. The molecule has 5 nitrogen and oxygen atoms in total. The number of carbonyl (C=O) groups is 2. The van der Waals surface area contributed by atoms with Crippen LogP contribution in [0.3, 0.4) is 0 Å². The maximum absolute atomic E-state index is 13.9. The van der Waals surface area contributed by atoms with Gasteiger partial charge in [-0.05, 0) is 43.9 Å². The van der Waals surface area contributed by atoms with Crippen molar-refractivity contribution in [2.24, 2.45) is 5.92 Å². The third kappa shape index (κ3) is 5.97. The highest BCUT2D eigenvalue weighted by atomic mass is 35.5. The van der Waals surface area contributed by atoms with E-state index >= 15 is 0 Å². The van der Waals surface area contributed by atoms with Gasteiger partial charge in [0, 0.05) is 37.1 Å². The van der Waals surface area contributed by atoms with Gasteiger partial charge in [-0.1, -0.05) is 17.7 Å². The van der Waals surface area contributed by atoms with E-state index < -0.39 is 11.8 Å². The molecule has 1 saturated heterocycles. The van der Waals surface area contributed by atoms with Gasteiger partial charge in [0.2, 0.25) is 5.91 Å². The largest absolute Gasteiger partial charge is 0.481 e. The summed E-state index contributed by atoms with van der Waals surface area (Å²) in [6, 6.07) is 4.47. The standard InChI is InChI=1S/C18H24ClFN2O3/c1-21(11-14-15(19)5-2-6-16(14)20)17(23)12-22-9-3-4-13(10-22)7-8-18(24)25/h2,5-6,13H,3-4,7-12H2,1H3,(H,24,25). The normalized spacial score (nSPS) is 18.1. The smallest absolute Gasteiger partial charge is 0.303 e. The third-order valence-corrected chi connectivity index (χ3v) is 4.97. The Morgan fingerprint density at radius 1 is 1.44 bits per heavy atom. The van der Waals surface area contributed by atoms with Gasteiger partial charge in [0.25, 0.3) is 0 Å². The number of benzene rings is 1. The molecule has 1 N–H and O–H groups in total. The number of carboxylic acids is 1. The van der Waals surface area contributed by atoms with E-state index in [1.165, 1.54) is 17.0 Å². The molecule has 0 saturated carbocycles. The molecule has 1 aromatic rings. The van der Waals surface area contributed by atoms with Crippen LogP contribution in [0.25, 0.3) is 0 Å². The zero-order valence-electron chi connectivity index (χ0n) is 14.4. The van der Waals surface area contributed by atoms with Crippen molar-refractivity contribution >= 4 is 23.5 Å². The van der Waals surface area contributed by atoms with Crippen molar-refractivity contribution in [1.82, 2.24) is 9.80 Å². The zero-order chi connectivity index (χ0) is 18.4. The molecule has 25 heavy (non-hydrogen) atoms. The van der Waals surface area contributed by atoms with Crippen molar-refractivity contribution < 1.29 is 19.1 Å². The minimum Gasteiger partial charge on any atom is -0.481 e. The van der Waals surface area contributed by atoms with Crippen LogP contribution in [0.15, 0.2) is 18.2 Å². The molecular weight excluding hydrogens is 347 g/mol. The summed E-state index contributed by atoms with van der Waals surface area (Å²) < 4.78 is 13.9. The molecule has 1 unspecified atom stereocenters. The molecule has 1 fully saturated rings. The van der Waals surface area contributed by atoms with E-state index in [0.29, 0.717) is 22.9 Å². The lowest BCUT2D eigenvalue weighted by Gasteiger charge is -2.33. The second-order valence-electron chi connectivity index (χ2n) is 6.63. The van der Waals surface area contributed by atoms with Gasteiger partial charge in [-0.2, -0.15) is 0 Å². The highest BCUT2D eigenvalue weighted by Crippen LogP contribution is 2.22. The van der Waals surface area contributed by atoms with Crippen LogP contribution in [0, 0.1) is 11.7 Å². The number of rotatable bonds is 7. The average Bonchev–Trinajstić information content (AvgIpc) is 2.56. The van der Waals surface area contributed by atoms with E-state index in [2.05, 4.69) is 4.90 Å². The molecule has 0 spiro atoms. The van der Waals surface area contributed by atoms with Crippen LogP contribution in [0.2, 0.25) is 5.02 Å². The lowest BCUT2D eigenvalue weighted by molar-refractivity contribution is -0.137. The van der Waals surface area contributed by atoms with Crippen LogP contribution in [0.4, 0.5) is 4.39 Å². The Morgan fingerprint density at radius 2 is 2.20 bits per heavy atom. The number of hydrogen-bond acceptors (Lipinski definition) is 3. The molecule has 1 atom stereocenters. The van der Waals surface area contributed by atoms with Crippen LogP contribution in [0.1, 0.15) is 31.2 Å². The van der Waals surface area contributed by atoms with Gasteiger partial charge in [-0.15, -0.1) is 0 Å². The summed E-state index contributed by atoms with van der Waals surface area (Å²) >= 11 is 6.01. The van der Waals surface area contributed by atoms with E-state index in [1.54, 1.807) is 13.1 Å². The Balaban J connectivity index is 1.87. The monoisotopic (exact) mass is 370 g/mol. The number of carbonyl (C=O) groups excluding carboxylic acids is 1. The summed E-state index contributed by atoms with van der Waals surface area (Å²) in [5.74, 6) is -0.990. The Morgan fingerprint density at radius 3 is 2.88 bits per heavy atom. The second-order valence-corrected chi connectivity index (χ2v) is 7.03. The molecule has 1 aliphatic rings. The summed E-state index contributed by atoms with van der Waals surface area (Å²) in [4.78, 5) is 26.7. The predicted molar refractivity (Wildman–Crippen MR) is 93.9 cm³/mol. The highest BCUT2D eigenvalue weighted by Gasteiger charge is 2.23. The first-order valence-corrected chi connectivity index (χ1v) is 8.85. The first-order chi connectivity index (χ1) is 11.9. The predicted octanol–water partition coefficient (Wildman–Crippen LogP) is 3.01. The number of hydrogen-bond donors (Lipinski definition) is 1. The van der Waals surface area contributed by atoms with E-state index in [0.717, 1.165) is 25.9 Å². The summed E-state index contributed by atoms with van der Waals surface area (Å²) in [6.07, 6.45) is 2.76. The van der Waals surface area contributed by atoms with Crippen LogP contribution in [0.5, 0.6) is 0 Å². The van der Waals surface area contributed by atoms with Crippen molar-refractivity contribution in [2.45, 2.75) is 32.2 Å². The average molecular weight is 371 g/mol. The molecule has 138 valence electrons. The molecule has 1 aliphatic heterocycles.